The van der Waals surface area contributed by atoms with Gasteiger partial charge < -0.3 is 4.74 Å². The van der Waals surface area contributed by atoms with E-state index in [0.717, 1.165) is 5.56 Å². The molecule has 4 rings (SSSR count). The Balaban J connectivity index is 1.65. The van der Waals surface area contributed by atoms with Gasteiger partial charge in [0.1, 0.15) is 28.8 Å². The van der Waals surface area contributed by atoms with Crippen molar-refractivity contribution in [2.75, 3.05) is 0 Å². The summed E-state index contributed by atoms with van der Waals surface area (Å²) < 4.78 is 117. The van der Waals surface area contributed by atoms with Crippen LogP contribution in [-0.2, 0) is 6.11 Å². The molecule has 186 valence electrons. The molecule has 3 aromatic carbocycles. The Morgan fingerprint density at radius 1 is 0.722 bits per heavy atom. The van der Waals surface area contributed by atoms with Crippen LogP contribution in [0.1, 0.15) is 28.7 Å². The van der Waals surface area contributed by atoms with Gasteiger partial charge >= 0.3 is 6.11 Å². The Bertz CT molecular complexity index is 1370. The van der Waals surface area contributed by atoms with Crippen molar-refractivity contribution in [1.82, 2.24) is 0 Å². The average molecular weight is 508 g/mol. The Hall–Kier alpha value is -3.88. The SMILES string of the molecule is Cc1ccc(C2=CCC=C(c3cc(F)c(C(F)(F)Oc4cc(F)c(F)c(F)c4)c(F)c3)C(F)=C2)cc1. The second kappa shape index (κ2) is 9.64. The maximum atomic E-state index is 15.0. The molecule has 0 atom stereocenters. The van der Waals surface area contributed by atoms with Crippen LogP contribution in [-0.4, -0.2) is 0 Å². The summed E-state index contributed by atoms with van der Waals surface area (Å²) in [5.41, 5.74) is -0.204. The molecule has 0 unspecified atom stereocenters. The normalized spacial score (nSPS) is 14.1. The zero-order valence-corrected chi connectivity index (χ0v) is 18.5. The van der Waals surface area contributed by atoms with Crippen LogP contribution in [0, 0.1) is 36.0 Å². The number of rotatable bonds is 5. The molecule has 1 nitrogen and oxygen atoms in total. The van der Waals surface area contributed by atoms with Crippen molar-refractivity contribution < 1.29 is 39.9 Å². The van der Waals surface area contributed by atoms with Crippen molar-refractivity contribution in [3.8, 4) is 5.75 Å². The number of ether oxygens (including phenoxy) is 1. The van der Waals surface area contributed by atoms with Gasteiger partial charge in [-0.3, -0.25) is 0 Å². The number of benzene rings is 3. The van der Waals surface area contributed by atoms with E-state index < -0.39 is 52.3 Å². The molecule has 0 fully saturated rings. The zero-order chi connectivity index (χ0) is 26.2. The number of hydrogen-bond acceptors (Lipinski definition) is 1. The van der Waals surface area contributed by atoms with E-state index >= 15 is 4.39 Å². The summed E-state index contributed by atoms with van der Waals surface area (Å²) >= 11 is 0. The first-order valence-electron chi connectivity index (χ1n) is 10.5. The monoisotopic (exact) mass is 508 g/mol. The molecule has 0 radical (unpaired) electrons. The van der Waals surface area contributed by atoms with Gasteiger partial charge in [0, 0.05) is 17.7 Å². The summed E-state index contributed by atoms with van der Waals surface area (Å²) in [7, 11) is 0. The molecule has 0 N–H and O–H groups in total. The Morgan fingerprint density at radius 3 is 1.89 bits per heavy atom. The van der Waals surface area contributed by atoms with Gasteiger partial charge in [-0.15, -0.1) is 0 Å². The molecule has 0 bridgehead atoms. The minimum absolute atomic E-state index is 0.103. The van der Waals surface area contributed by atoms with E-state index in [0.29, 0.717) is 23.3 Å². The predicted octanol–water partition coefficient (Wildman–Crippen LogP) is 8.54. The number of alkyl halides is 2. The van der Waals surface area contributed by atoms with Gasteiger partial charge in [0.2, 0.25) is 0 Å². The zero-order valence-electron chi connectivity index (χ0n) is 18.5. The quantitative estimate of drug-likeness (QED) is 0.248. The summed E-state index contributed by atoms with van der Waals surface area (Å²) in [6, 6.07) is 8.44. The lowest BCUT2D eigenvalue weighted by molar-refractivity contribution is -0.189. The molecule has 0 amide bonds. The highest BCUT2D eigenvalue weighted by molar-refractivity contribution is 5.85. The first kappa shape index (κ1) is 25.2. The highest BCUT2D eigenvalue weighted by atomic mass is 19.3. The van der Waals surface area contributed by atoms with E-state index in [1.807, 2.05) is 19.1 Å². The highest BCUT2D eigenvalue weighted by Crippen LogP contribution is 2.39. The molecule has 0 aliphatic heterocycles. The van der Waals surface area contributed by atoms with Gasteiger partial charge in [0.15, 0.2) is 17.5 Å². The molecule has 36 heavy (non-hydrogen) atoms. The molecule has 1 aliphatic rings. The topological polar surface area (TPSA) is 9.23 Å². The fraction of sp³-hybridized carbons (Fsp3) is 0.111. The third-order valence-corrected chi connectivity index (χ3v) is 5.43. The van der Waals surface area contributed by atoms with Crippen molar-refractivity contribution in [1.29, 1.82) is 0 Å². The third kappa shape index (κ3) is 5.05. The summed E-state index contributed by atoms with van der Waals surface area (Å²) in [5, 5.41) is 0. The molecule has 9 heteroatoms. The second-order valence-electron chi connectivity index (χ2n) is 8.01. The van der Waals surface area contributed by atoms with Crippen molar-refractivity contribution in [2.24, 2.45) is 0 Å². The molecule has 0 saturated heterocycles. The van der Waals surface area contributed by atoms with Crippen LogP contribution in [0.15, 0.2) is 72.6 Å². The summed E-state index contributed by atoms with van der Waals surface area (Å²) in [5.74, 6) is -11.2. The van der Waals surface area contributed by atoms with E-state index in [2.05, 4.69) is 4.74 Å². The van der Waals surface area contributed by atoms with Crippen LogP contribution in [0.5, 0.6) is 5.75 Å². The second-order valence-corrected chi connectivity index (χ2v) is 8.01. The van der Waals surface area contributed by atoms with Gasteiger partial charge in [-0.2, -0.15) is 8.78 Å². The molecule has 0 aromatic heterocycles. The van der Waals surface area contributed by atoms with Gasteiger partial charge in [0.25, 0.3) is 0 Å². The average Bonchev–Trinajstić information content (AvgIpc) is 2.98. The lowest BCUT2D eigenvalue weighted by atomic mass is 9.99. The van der Waals surface area contributed by atoms with Gasteiger partial charge in [0.05, 0.1) is 0 Å². The predicted molar refractivity (Wildman–Crippen MR) is 118 cm³/mol. The van der Waals surface area contributed by atoms with Crippen LogP contribution in [0.3, 0.4) is 0 Å². The maximum absolute atomic E-state index is 15.0. The van der Waals surface area contributed by atoms with Gasteiger partial charge in [-0.25, -0.2) is 26.3 Å². The smallest absolute Gasteiger partial charge is 0.429 e. The summed E-state index contributed by atoms with van der Waals surface area (Å²) in [4.78, 5) is 0. The van der Waals surface area contributed by atoms with Crippen LogP contribution in [0.25, 0.3) is 11.1 Å². The van der Waals surface area contributed by atoms with Crippen LogP contribution < -0.4 is 4.74 Å². The number of hydrogen-bond donors (Lipinski definition) is 0. The van der Waals surface area contributed by atoms with E-state index in [1.54, 1.807) is 18.2 Å². The van der Waals surface area contributed by atoms with Crippen molar-refractivity contribution >= 4 is 11.1 Å². The fourth-order valence-corrected chi connectivity index (χ4v) is 3.67. The molecule has 1 aliphatic carbocycles. The van der Waals surface area contributed by atoms with Gasteiger partial charge in [-0.05, 0) is 48.3 Å². The molecule has 3 aromatic rings. The van der Waals surface area contributed by atoms with Crippen molar-refractivity contribution in [3.63, 3.8) is 0 Å². The molecule has 0 heterocycles. The molecule has 0 spiro atoms. The van der Waals surface area contributed by atoms with Crippen LogP contribution >= 0.6 is 0 Å². The Kier molecular flexibility index (Phi) is 6.75. The third-order valence-electron chi connectivity index (χ3n) is 5.43. The Morgan fingerprint density at radius 2 is 1.31 bits per heavy atom. The first-order valence-corrected chi connectivity index (χ1v) is 10.5. The van der Waals surface area contributed by atoms with E-state index in [1.165, 1.54) is 12.2 Å². The molecular weight excluding hydrogens is 492 g/mol. The van der Waals surface area contributed by atoms with Crippen molar-refractivity contribution in [2.45, 2.75) is 19.5 Å². The minimum Gasteiger partial charge on any atom is -0.429 e. The standard InChI is InChI=1S/C27H16F8O/c1-14-5-7-15(8-6-14)16-3-2-4-19(20(28)9-16)17-10-21(29)25(22(30)11-17)27(34,35)36-18-12-23(31)26(33)24(32)13-18/h3-13H,2H2,1H3. The largest absolute Gasteiger partial charge is 0.432 e. The number of aryl methyl sites for hydroxylation is 1. The maximum Gasteiger partial charge on any atom is 0.432 e. The molecule has 0 saturated carbocycles. The van der Waals surface area contributed by atoms with Crippen molar-refractivity contribution in [3.05, 3.63) is 124 Å². The van der Waals surface area contributed by atoms with E-state index in [9.17, 15) is 30.7 Å². The lowest BCUT2D eigenvalue weighted by Gasteiger charge is -2.20. The minimum atomic E-state index is -4.74. The fourth-order valence-electron chi connectivity index (χ4n) is 3.67. The van der Waals surface area contributed by atoms with E-state index in [4.69, 9.17) is 0 Å². The first-order chi connectivity index (χ1) is 17.0. The highest BCUT2D eigenvalue weighted by Gasteiger charge is 2.41. The van der Waals surface area contributed by atoms with Crippen LogP contribution in [0.4, 0.5) is 35.1 Å². The summed E-state index contributed by atoms with van der Waals surface area (Å²) in [6.07, 6.45) is -0.340. The lowest BCUT2D eigenvalue weighted by Crippen LogP contribution is -2.25. The van der Waals surface area contributed by atoms with Gasteiger partial charge in [-0.1, -0.05) is 42.0 Å². The van der Waals surface area contributed by atoms with Crippen LogP contribution in [0.2, 0.25) is 0 Å². The summed E-state index contributed by atoms with van der Waals surface area (Å²) in [6.45, 7) is 1.89. The number of allylic oxidation sites excluding steroid dienone is 6. The Labute approximate surface area is 200 Å². The molecular formula is C27H16F8O. The van der Waals surface area contributed by atoms with E-state index in [-0.39, 0.29) is 29.7 Å². The number of halogens is 8.